The van der Waals surface area contributed by atoms with Crippen molar-refractivity contribution in [2.75, 3.05) is 11.9 Å². The summed E-state index contributed by atoms with van der Waals surface area (Å²) in [6, 6.07) is 14.5. The first-order valence-electron chi connectivity index (χ1n) is 12.1. The van der Waals surface area contributed by atoms with E-state index < -0.39 is 18.2 Å². The van der Waals surface area contributed by atoms with Gasteiger partial charge in [-0.2, -0.15) is 0 Å². The number of ether oxygens (including phenoxy) is 1. The van der Waals surface area contributed by atoms with Crippen molar-refractivity contribution in [2.24, 2.45) is 5.92 Å². The van der Waals surface area contributed by atoms with E-state index in [2.05, 4.69) is 5.32 Å². The van der Waals surface area contributed by atoms with Gasteiger partial charge in [0.1, 0.15) is 6.54 Å². The zero-order valence-electron chi connectivity index (χ0n) is 19.7. The van der Waals surface area contributed by atoms with Crippen molar-refractivity contribution in [3.63, 3.8) is 0 Å². The van der Waals surface area contributed by atoms with Crippen molar-refractivity contribution < 1.29 is 19.1 Å². The summed E-state index contributed by atoms with van der Waals surface area (Å²) in [5.74, 6) is -0.481. The number of hydrogen-bond acceptors (Lipinski definition) is 4. The molecule has 1 saturated carbocycles. The Kier molecular flexibility index (Phi) is 6.13. The molecule has 2 aliphatic heterocycles. The third-order valence-corrected chi connectivity index (χ3v) is 7.32. The molecule has 4 atom stereocenters. The molecule has 2 heterocycles. The summed E-state index contributed by atoms with van der Waals surface area (Å²) in [5.41, 5.74) is 3.67. The summed E-state index contributed by atoms with van der Waals surface area (Å²) in [6.07, 6.45) is 3.14. The minimum Gasteiger partial charge on any atom is -0.363 e. The molecule has 4 unspecified atom stereocenters. The second-order valence-electron chi connectivity index (χ2n) is 9.72. The van der Waals surface area contributed by atoms with Crippen LogP contribution in [0.25, 0.3) is 0 Å². The number of urea groups is 1. The molecule has 1 N–H and O–H groups in total. The molecule has 3 fully saturated rings. The standard InChI is InChI=1S/C27H31N3O4/c1-17-12-13-21(18(2)14-17)28-23(31)16-29-24-20-10-6-7-11-22(20)34-25(24)26(32)30(27(29)33)15-19-8-4-3-5-9-19/h3-5,8-9,12-14,20,22,24-25H,6-7,10-11,15-16H2,1-2H3,(H,28,31). The molecule has 3 aliphatic rings. The molecule has 7 nitrogen and oxygen atoms in total. The Bertz CT molecular complexity index is 1100. The second-order valence-corrected chi connectivity index (χ2v) is 9.72. The smallest absolute Gasteiger partial charge is 0.327 e. The Morgan fingerprint density at radius 3 is 2.59 bits per heavy atom. The number of rotatable bonds is 5. The maximum Gasteiger partial charge on any atom is 0.327 e. The van der Waals surface area contributed by atoms with E-state index in [9.17, 15) is 14.4 Å². The van der Waals surface area contributed by atoms with Gasteiger partial charge in [-0.05, 0) is 43.9 Å². The highest BCUT2D eigenvalue weighted by molar-refractivity contribution is 6.02. The molecule has 2 aromatic carbocycles. The van der Waals surface area contributed by atoms with Crippen molar-refractivity contribution in [3.05, 3.63) is 65.2 Å². The van der Waals surface area contributed by atoms with Gasteiger partial charge < -0.3 is 15.0 Å². The van der Waals surface area contributed by atoms with Crippen LogP contribution in [0.5, 0.6) is 0 Å². The number of benzene rings is 2. The highest BCUT2D eigenvalue weighted by Crippen LogP contribution is 2.43. The van der Waals surface area contributed by atoms with E-state index in [0.29, 0.717) is 0 Å². The lowest BCUT2D eigenvalue weighted by Crippen LogP contribution is -2.65. The maximum atomic E-state index is 13.7. The zero-order chi connectivity index (χ0) is 23.8. The Labute approximate surface area is 200 Å². The summed E-state index contributed by atoms with van der Waals surface area (Å²) in [5, 5.41) is 2.96. The summed E-state index contributed by atoms with van der Waals surface area (Å²) >= 11 is 0. The monoisotopic (exact) mass is 461 g/mol. The first kappa shape index (κ1) is 22.6. The van der Waals surface area contributed by atoms with Crippen molar-refractivity contribution in [3.8, 4) is 0 Å². The molecule has 0 bridgehead atoms. The number of carbonyl (C=O) groups is 3. The first-order valence-corrected chi connectivity index (χ1v) is 12.1. The van der Waals surface area contributed by atoms with E-state index in [-0.39, 0.29) is 36.9 Å². The molecule has 0 radical (unpaired) electrons. The lowest BCUT2D eigenvalue weighted by atomic mass is 9.81. The Hall–Kier alpha value is -3.19. The number of fused-ring (bicyclic) bond motifs is 3. The number of nitrogens with zero attached hydrogens (tertiary/aromatic N) is 2. The molecule has 2 saturated heterocycles. The lowest BCUT2D eigenvalue weighted by Gasteiger charge is -2.43. The van der Waals surface area contributed by atoms with Crippen molar-refractivity contribution in [2.45, 2.75) is 64.3 Å². The lowest BCUT2D eigenvalue weighted by molar-refractivity contribution is -0.147. The Morgan fingerprint density at radius 1 is 1.06 bits per heavy atom. The van der Waals surface area contributed by atoms with Gasteiger partial charge in [0.25, 0.3) is 5.91 Å². The van der Waals surface area contributed by atoms with Crippen LogP contribution in [0.2, 0.25) is 0 Å². The molecule has 5 rings (SSSR count). The van der Waals surface area contributed by atoms with Crippen LogP contribution in [-0.2, 0) is 20.9 Å². The summed E-state index contributed by atoms with van der Waals surface area (Å²) in [7, 11) is 0. The van der Waals surface area contributed by atoms with Crippen LogP contribution in [-0.4, -0.2) is 52.4 Å². The first-order chi connectivity index (χ1) is 16.4. The number of imide groups is 1. The highest BCUT2D eigenvalue weighted by Gasteiger charge is 2.57. The molecule has 7 heteroatoms. The van der Waals surface area contributed by atoms with Crippen LogP contribution in [0.4, 0.5) is 10.5 Å². The molecular formula is C27H31N3O4. The van der Waals surface area contributed by atoms with Gasteiger partial charge >= 0.3 is 6.03 Å². The predicted molar refractivity (Wildman–Crippen MR) is 128 cm³/mol. The molecule has 34 heavy (non-hydrogen) atoms. The zero-order valence-corrected chi connectivity index (χ0v) is 19.7. The van der Waals surface area contributed by atoms with Gasteiger partial charge in [-0.15, -0.1) is 0 Å². The van der Waals surface area contributed by atoms with Gasteiger partial charge in [0.05, 0.1) is 18.7 Å². The van der Waals surface area contributed by atoms with E-state index in [0.717, 1.165) is 48.1 Å². The Morgan fingerprint density at radius 2 is 1.82 bits per heavy atom. The van der Waals surface area contributed by atoms with E-state index >= 15 is 0 Å². The highest BCUT2D eigenvalue weighted by atomic mass is 16.5. The van der Waals surface area contributed by atoms with Gasteiger partial charge in [0, 0.05) is 11.6 Å². The number of amides is 4. The van der Waals surface area contributed by atoms with Crippen LogP contribution in [0.3, 0.4) is 0 Å². The van der Waals surface area contributed by atoms with Crippen molar-refractivity contribution >= 4 is 23.5 Å². The molecule has 1 aliphatic carbocycles. The minimum absolute atomic E-state index is 0.0397. The molecule has 0 aromatic heterocycles. The molecule has 2 aromatic rings. The SMILES string of the molecule is Cc1ccc(NC(=O)CN2C(=O)N(Cc3ccccc3)C(=O)C3OC4CCCCC4C32)c(C)c1. The van der Waals surface area contributed by atoms with Gasteiger partial charge in [0.15, 0.2) is 6.10 Å². The van der Waals surface area contributed by atoms with Crippen LogP contribution >= 0.6 is 0 Å². The van der Waals surface area contributed by atoms with Crippen LogP contribution in [0.1, 0.15) is 42.4 Å². The number of hydrogen-bond donors (Lipinski definition) is 1. The van der Waals surface area contributed by atoms with Crippen LogP contribution in [0.15, 0.2) is 48.5 Å². The number of anilines is 1. The van der Waals surface area contributed by atoms with Gasteiger partial charge in [-0.1, -0.05) is 60.9 Å². The largest absolute Gasteiger partial charge is 0.363 e. The van der Waals surface area contributed by atoms with Crippen molar-refractivity contribution in [1.82, 2.24) is 9.80 Å². The molecule has 0 spiro atoms. The quantitative estimate of drug-likeness (QED) is 0.729. The number of aryl methyl sites for hydroxylation is 2. The normalized spacial score (nSPS) is 26.3. The Balaban J connectivity index is 1.41. The fourth-order valence-electron chi connectivity index (χ4n) is 5.69. The third-order valence-electron chi connectivity index (χ3n) is 7.32. The summed E-state index contributed by atoms with van der Waals surface area (Å²) in [4.78, 5) is 43.0. The van der Waals surface area contributed by atoms with E-state index in [1.165, 1.54) is 4.90 Å². The second kappa shape index (κ2) is 9.22. The third kappa shape index (κ3) is 4.20. The molecule has 4 amide bonds. The molecule has 178 valence electrons. The number of nitrogens with one attached hydrogen (secondary N) is 1. The fourth-order valence-corrected chi connectivity index (χ4v) is 5.69. The maximum absolute atomic E-state index is 13.7. The summed E-state index contributed by atoms with van der Waals surface area (Å²) < 4.78 is 6.24. The average molecular weight is 462 g/mol. The molecular weight excluding hydrogens is 430 g/mol. The van der Waals surface area contributed by atoms with Gasteiger partial charge in [-0.25, -0.2) is 4.79 Å². The fraction of sp³-hybridized carbons (Fsp3) is 0.444. The topological polar surface area (TPSA) is 79.0 Å². The van der Waals surface area contributed by atoms with E-state index in [1.807, 2.05) is 62.4 Å². The number of carbonyl (C=O) groups excluding carboxylic acids is 3. The van der Waals surface area contributed by atoms with Gasteiger partial charge in [0.2, 0.25) is 5.91 Å². The minimum atomic E-state index is -0.719. The van der Waals surface area contributed by atoms with Crippen LogP contribution < -0.4 is 5.32 Å². The predicted octanol–water partition coefficient (Wildman–Crippen LogP) is 4.03. The van der Waals surface area contributed by atoms with Gasteiger partial charge in [-0.3, -0.25) is 14.5 Å². The van der Waals surface area contributed by atoms with Crippen molar-refractivity contribution in [1.29, 1.82) is 0 Å². The summed E-state index contributed by atoms with van der Waals surface area (Å²) in [6.45, 7) is 4.00. The average Bonchev–Trinajstić information content (AvgIpc) is 3.22. The van der Waals surface area contributed by atoms with E-state index in [1.54, 1.807) is 4.90 Å². The van der Waals surface area contributed by atoms with Crippen LogP contribution in [0, 0.1) is 19.8 Å². The van der Waals surface area contributed by atoms with E-state index in [4.69, 9.17) is 4.74 Å².